The molecule has 0 saturated heterocycles. The molecule has 0 fully saturated rings. The zero-order valence-electron chi connectivity index (χ0n) is 9.36. The third-order valence-corrected chi connectivity index (χ3v) is 3.30. The van der Waals surface area contributed by atoms with E-state index in [1.165, 1.54) is 6.92 Å². The van der Waals surface area contributed by atoms with E-state index in [0.717, 1.165) is 0 Å². The minimum Gasteiger partial charge on any atom is -0.461 e. The Morgan fingerprint density at radius 2 is 2.12 bits per heavy atom. The molecule has 3 heteroatoms. The van der Waals surface area contributed by atoms with Crippen LogP contribution in [-0.4, -0.2) is 10.9 Å². The number of aliphatic hydroxyl groups excluding tert-OH is 1. The molecule has 1 aromatic rings. The Labute approximate surface area is 94.4 Å². The van der Waals surface area contributed by atoms with Crippen LogP contribution < -0.4 is 4.74 Å². The van der Waals surface area contributed by atoms with Crippen molar-refractivity contribution >= 4 is 5.78 Å². The number of hydrogen-bond acceptors (Lipinski definition) is 3. The molecular weight excluding hydrogens is 204 g/mol. The van der Waals surface area contributed by atoms with Crippen molar-refractivity contribution < 1.29 is 14.6 Å². The maximum atomic E-state index is 11.7. The Hall–Kier alpha value is -1.61. The number of hydrogen-bond donors (Lipinski definition) is 1. The number of carbonyl (C=O) groups is 1. The first-order chi connectivity index (χ1) is 7.48. The monoisotopic (exact) mass is 218 g/mol. The normalized spacial score (nSPS) is 28.2. The van der Waals surface area contributed by atoms with Gasteiger partial charge >= 0.3 is 0 Å². The number of aliphatic hydroxyl groups is 1. The van der Waals surface area contributed by atoms with Crippen molar-refractivity contribution in [2.24, 2.45) is 5.41 Å². The average Bonchev–Trinajstić information content (AvgIpc) is 2.26. The molecular formula is C13H14O3. The van der Waals surface area contributed by atoms with Crippen LogP contribution in [0.4, 0.5) is 0 Å². The van der Waals surface area contributed by atoms with Crippen LogP contribution in [0.2, 0.25) is 0 Å². The Morgan fingerprint density at radius 1 is 1.50 bits per heavy atom. The molecule has 2 atom stereocenters. The molecule has 0 bridgehead atoms. The molecule has 2 unspecified atom stereocenters. The number of rotatable bonds is 1. The Bertz CT molecular complexity index is 464. The highest BCUT2D eigenvalue weighted by atomic mass is 16.5. The van der Waals surface area contributed by atoms with E-state index in [0.29, 0.717) is 17.1 Å². The van der Waals surface area contributed by atoms with Crippen LogP contribution in [0.25, 0.3) is 0 Å². The molecule has 1 N–H and O–H groups in total. The van der Waals surface area contributed by atoms with Gasteiger partial charge in [0, 0.05) is 5.56 Å². The minimum atomic E-state index is -1.06. The van der Waals surface area contributed by atoms with E-state index < -0.39 is 11.5 Å². The van der Waals surface area contributed by atoms with Crippen LogP contribution in [0.15, 0.2) is 36.6 Å². The first-order valence-corrected chi connectivity index (χ1v) is 5.13. The summed E-state index contributed by atoms with van der Waals surface area (Å²) in [7, 11) is 0. The van der Waals surface area contributed by atoms with Gasteiger partial charge in [0.1, 0.15) is 28.8 Å². The third-order valence-electron chi connectivity index (χ3n) is 3.30. The van der Waals surface area contributed by atoms with Gasteiger partial charge in [-0.3, -0.25) is 4.79 Å². The van der Waals surface area contributed by atoms with Gasteiger partial charge in [-0.15, -0.1) is 0 Å². The highest BCUT2D eigenvalue weighted by molar-refractivity contribution is 5.86. The van der Waals surface area contributed by atoms with Gasteiger partial charge in [-0.05, 0) is 19.9 Å². The summed E-state index contributed by atoms with van der Waals surface area (Å²) < 4.78 is 5.50. The van der Waals surface area contributed by atoms with Gasteiger partial charge in [-0.25, -0.2) is 0 Å². The van der Waals surface area contributed by atoms with E-state index in [-0.39, 0.29) is 5.78 Å². The molecule has 1 aliphatic heterocycles. The van der Waals surface area contributed by atoms with Crippen LogP contribution in [0.5, 0.6) is 5.75 Å². The average molecular weight is 218 g/mol. The molecule has 0 spiro atoms. The topological polar surface area (TPSA) is 46.5 Å². The van der Waals surface area contributed by atoms with Crippen LogP contribution in [0.3, 0.4) is 0 Å². The van der Waals surface area contributed by atoms with E-state index in [1.807, 2.05) is 6.07 Å². The summed E-state index contributed by atoms with van der Waals surface area (Å²) in [5, 5.41) is 10.3. The molecule has 84 valence electrons. The van der Waals surface area contributed by atoms with E-state index >= 15 is 0 Å². The van der Waals surface area contributed by atoms with Crippen molar-refractivity contribution in [1.82, 2.24) is 0 Å². The van der Waals surface area contributed by atoms with Gasteiger partial charge in [-0.2, -0.15) is 0 Å². The summed E-state index contributed by atoms with van der Waals surface area (Å²) in [5.41, 5.74) is -0.429. The fraction of sp³-hybridized carbons (Fsp3) is 0.308. The van der Waals surface area contributed by atoms with Gasteiger partial charge in [0.25, 0.3) is 0 Å². The standard InChI is InChI=1S/C13H14O3/c1-8(14)13(3)9(2)16-11-7-5-4-6-10(11)12(13)15/h4-7,12,15H,2H2,1,3H3. The zero-order chi connectivity index (χ0) is 11.9. The van der Waals surface area contributed by atoms with Gasteiger partial charge in [-0.1, -0.05) is 24.8 Å². The van der Waals surface area contributed by atoms with Crippen molar-refractivity contribution in [3.8, 4) is 5.75 Å². The number of benzene rings is 1. The van der Waals surface area contributed by atoms with Gasteiger partial charge in [0.05, 0.1) is 0 Å². The fourth-order valence-electron chi connectivity index (χ4n) is 1.89. The van der Waals surface area contributed by atoms with Gasteiger partial charge in [0.15, 0.2) is 0 Å². The lowest BCUT2D eigenvalue weighted by molar-refractivity contribution is -0.132. The maximum Gasteiger partial charge on any atom is 0.146 e. The minimum absolute atomic E-state index is 0.153. The number of carbonyl (C=O) groups excluding carboxylic acids is 1. The van der Waals surface area contributed by atoms with Crippen LogP contribution in [-0.2, 0) is 4.79 Å². The molecule has 3 nitrogen and oxygen atoms in total. The highest BCUT2D eigenvalue weighted by Crippen LogP contribution is 2.48. The molecule has 16 heavy (non-hydrogen) atoms. The van der Waals surface area contributed by atoms with Crippen molar-refractivity contribution in [1.29, 1.82) is 0 Å². The van der Waals surface area contributed by atoms with E-state index in [2.05, 4.69) is 6.58 Å². The molecule has 1 heterocycles. The molecule has 0 amide bonds. The summed E-state index contributed by atoms with van der Waals surface area (Å²) in [6, 6.07) is 7.13. The summed E-state index contributed by atoms with van der Waals surface area (Å²) in [6.07, 6.45) is -0.901. The second-order valence-corrected chi connectivity index (χ2v) is 4.22. The Kier molecular flexibility index (Phi) is 2.35. The van der Waals surface area contributed by atoms with Crippen molar-refractivity contribution in [2.45, 2.75) is 20.0 Å². The molecule has 0 aromatic heterocycles. The number of ketones is 1. The summed E-state index contributed by atoms with van der Waals surface area (Å²) >= 11 is 0. The molecule has 1 aliphatic rings. The van der Waals surface area contributed by atoms with Crippen LogP contribution in [0.1, 0.15) is 25.5 Å². The number of Topliss-reactive ketones (excluding diaryl/α,β-unsaturated/α-hetero) is 1. The highest BCUT2D eigenvalue weighted by Gasteiger charge is 2.47. The lowest BCUT2D eigenvalue weighted by Gasteiger charge is -2.38. The van der Waals surface area contributed by atoms with E-state index in [9.17, 15) is 9.90 Å². The van der Waals surface area contributed by atoms with Crippen molar-refractivity contribution in [2.75, 3.05) is 0 Å². The van der Waals surface area contributed by atoms with E-state index in [4.69, 9.17) is 4.74 Å². The number of ether oxygens (including phenoxy) is 1. The molecule has 0 radical (unpaired) electrons. The van der Waals surface area contributed by atoms with Crippen molar-refractivity contribution in [3.63, 3.8) is 0 Å². The second kappa shape index (κ2) is 3.46. The first-order valence-electron chi connectivity index (χ1n) is 5.13. The molecule has 0 aliphatic carbocycles. The SMILES string of the molecule is C=C1Oc2ccccc2C(O)C1(C)C(C)=O. The first kappa shape index (κ1) is 10.9. The second-order valence-electron chi connectivity index (χ2n) is 4.22. The lowest BCUT2D eigenvalue weighted by Crippen LogP contribution is -2.39. The summed E-state index contributed by atoms with van der Waals surface area (Å²) in [4.78, 5) is 11.7. The fourth-order valence-corrected chi connectivity index (χ4v) is 1.89. The maximum absolute atomic E-state index is 11.7. The van der Waals surface area contributed by atoms with Crippen molar-refractivity contribution in [3.05, 3.63) is 42.2 Å². The quantitative estimate of drug-likeness (QED) is 0.786. The molecule has 2 rings (SSSR count). The van der Waals surface area contributed by atoms with E-state index in [1.54, 1.807) is 25.1 Å². The third kappa shape index (κ3) is 1.28. The number of fused-ring (bicyclic) bond motifs is 1. The Balaban J connectivity index is 2.58. The van der Waals surface area contributed by atoms with Crippen LogP contribution in [0, 0.1) is 5.41 Å². The Morgan fingerprint density at radius 3 is 2.75 bits per heavy atom. The predicted molar refractivity (Wildman–Crippen MR) is 60.0 cm³/mol. The van der Waals surface area contributed by atoms with Crippen LogP contribution >= 0.6 is 0 Å². The molecule has 1 aromatic carbocycles. The smallest absolute Gasteiger partial charge is 0.146 e. The zero-order valence-corrected chi connectivity index (χ0v) is 9.36. The van der Waals surface area contributed by atoms with Gasteiger partial charge < -0.3 is 9.84 Å². The van der Waals surface area contributed by atoms with Gasteiger partial charge in [0.2, 0.25) is 0 Å². The number of para-hydroxylation sites is 1. The lowest BCUT2D eigenvalue weighted by atomic mass is 9.74. The largest absolute Gasteiger partial charge is 0.461 e. The summed E-state index contributed by atoms with van der Waals surface area (Å²) in [5.74, 6) is 0.712. The molecule has 0 saturated carbocycles. The predicted octanol–water partition coefficient (Wildman–Crippen LogP) is 2.22. The summed E-state index contributed by atoms with van der Waals surface area (Å²) in [6.45, 7) is 6.82.